The van der Waals surface area contributed by atoms with Crippen LogP contribution in [0.3, 0.4) is 0 Å². The summed E-state index contributed by atoms with van der Waals surface area (Å²) in [7, 11) is 0. The van der Waals surface area contributed by atoms with E-state index < -0.39 is 0 Å². The molecule has 4 heterocycles. The topological polar surface area (TPSA) is 35.6 Å². The van der Waals surface area contributed by atoms with E-state index in [9.17, 15) is 0 Å². The second-order valence-electron chi connectivity index (χ2n) is 13.5. The quantitative estimate of drug-likeness (QED) is 0.190. The van der Waals surface area contributed by atoms with Crippen LogP contribution in [0.2, 0.25) is 0 Å². The maximum absolute atomic E-state index is 4.79. The van der Waals surface area contributed by atoms with Gasteiger partial charge in [-0.1, -0.05) is 84.9 Å². The largest absolute Gasteiger partial charge is 0.309 e. The SMILES string of the molecule is c1ccc(-n2c3ccccc3c3cc(-c4cncc5c4-c4c(cncc4-c4ccc6c(c4)c4ccccc4n6-c4ccccc4)C5)ccc32)cc1. The average Bonchev–Trinajstić information content (AvgIpc) is 3.86. The molecule has 0 aliphatic heterocycles. The van der Waals surface area contributed by atoms with Crippen molar-refractivity contribution in [2.45, 2.75) is 6.42 Å². The van der Waals surface area contributed by atoms with E-state index in [-0.39, 0.29) is 0 Å². The average molecular weight is 651 g/mol. The number of rotatable bonds is 4. The molecule has 4 heteroatoms. The van der Waals surface area contributed by atoms with E-state index in [1.807, 2.05) is 24.8 Å². The summed E-state index contributed by atoms with van der Waals surface area (Å²) in [6.45, 7) is 0. The molecule has 10 aromatic rings. The van der Waals surface area contributed by atoms with Crippen LogP contribution >= 0.6 is 0 Å². The van der Waals surface area contributed by atoms with E-state index in [2.05, 4.69) is 155 Å². The second-order valence-corrected chi connectivity index (χ2v) is 13.5. The molecule has 0 atom stereocenters. The van der Waals surface area contributed by atoms with Gasteiger partial charge in [0.1, 0.15) is 0 Å². The molecule has 1 aliphatic carbocycles. The lowest BCUT2D eigenvalue weighted by atomic mass is 9.91. The normalized spacial score (nSPS) is 12.2. The van der Waals surface area contributed by atoms with Crippen molar-refractivity contribution in [3.05, 3.63) is 182 Å². The van der Waals surface area contributed by atoms with Crippen molar-refractivity contribution in [3.8, 4) is 44.8 Å². The Balaban J connectivity index is 1.11. The van der Waals surface area contributed by atoms with E-state index in [1.165, 1.54) is 77.0 Å². The van der Waals surface area contributed by atoms with Crippen molar-refractivity contribution >= 4 is 43.6 Å². The zero-order chi connectivity index (χ0) is 33.5. The van der Waals surface area contributed by atoms with Crippen LogP contribution in [-0.4, -0.2) is 19.1 Å². The molecular weight excluding hydrogens is 621 g/mol. The highest BCUT2D eigenvalue weighted by molar-refractivity contribution is 6.12. The Kier molecular flexibility index (Phi) is 5.98. The predicted octanol–water partition coefficient (Wildman–Crippen LogP) is 11.6. The summed E-state index contributed by atoms with van der Waals surface area (Å²) >= 11 is 0. The number of nitrogens with zero attached hydrogens (tertiary/aromatic N) is 4. The van der Waals surface area contributed by atoms with Gasteiger partial charge in [-0.05, 0) is 94.0 Å². The minimum absolute atomic E-state index is 0.817. The number of aromatic nitrogens is 4. The third-order valence-electron chi connectivity index (χ3n) is 10.7. The van der Waals surface area contributed by atoms with E-state index in [0.717, 1.165) is 28.9 Å². The van der Waals surface area contributed by atoms with Crippen LogP contribution < -0.4 is 0 Å². The van der Waals surface area contributed by atoms with Crippen LogP contribution in [0.4, 0.5) is 0 Å². The van der Waals surface area contributed by atoms with E-state index >= 15 is 0 Å². The van der Waals surface area contributed by atoms with Crippen molar-refractivity contribution in [3.63, 3.8) is 0 Å². The molecule has 4 aromatic heterocycles. The zero-order valence-electron chi connectivity index (χ0n) is 27.7. The van der Waals surface area contributed by atoms with E-state index in [1.54, 1.807) is 0 Å². The first-order valence-electron chi connectivity index (χ1n) is 17.4. The molecule has 11 rings (SSSR count). The Labute approximate surface area is 294 Å². The van der Waals surface area contributed by atoms with E-state index in [0.29, 0.717) is 0 Å². The monoisotopic (exact) mass is 650 g/mol. The minimum atomic E-state index is 0.817. The molecule has 6 aromatic carbocycles. The van der Waals surface area contributed by atoms with E-state index in [4.69, 9.17) is 9.97 Å². The molecule has 0 radical (unpaired) electrons. The highest BCUT2D eigenvalue weighted by Gasteiger charge is 2.27. The number of hydrogen-bond acceptors (Lipinski definition) is 2. The molecule has 0 saturated heterocycles. The second kappa shape index (κ2) is 10.9. The summed E-state index contributed by atoms with van der Waals surface area (Å²) in [5, 5.41) is 4.95. The van der Waals surface area contributed by atoms with Gasteiger partial charge in [0.2, 0.25) is 0 Å². The number of benzene rings is 6. The Morgan fingerprint density at radius 3 is 1.25 bits per heavy atom. The minimum Gasteiger partial charge on any atom is -0.309 e. The molecule has 0 saturated carbocycles. The summed E-state index contributed by atoms with van der Waals surface area (Å²) in [5.74, 6) is 0. The van der Waals surface area contributed by atoms with Crippen LogP contribution in [0, 0.1) is 0 Å². The van der Waals surface area contributed by atoms with Gasteiger partial charge >= 0.3 is 0 Å². The summed E-state index contributed by atoms with van der Waals surface area (Å²) in [6.07, 6.45) is 8.99. The number of hydrogen-bond donors (Lipinski definition) is 0. The number of fused-ring (bicyclic) bond motifs is 9. The third kappa shape index (κ3) is 4.14. The molecule has 0 amide bonds. The molecule has 0 spiro atoms. The Hall–Kier alpha value is -6.78. The lowest BCUT2D eigenvalue weighted by Gasteiger charge is -2.14. The molecular formula is C47H30N4. The molecule has 1 aliphatic rings. The zero-order valence-corrected chi connectivity index (χ0v) is 27.7. The van der Waals surface area contributed by atoms with Gasteiger partial charge < -0.3 is 9.13 Å². The molecule has 0 N–H and O–H groups in total. The molecule has 51 heavy (non-hydrogen) atoms. The molecule has 0 bridgehead atoms. The van der Waals surface area contributed by atoms with Crippen LogP contribution in [0.5, 0.6) is 0 Å². The van der Waals surface area contributed by atoms with Gasteiger partial charge in [0.05, 0.1) is 22.1 Å². The summed E-state index contributed by atoms with van der Waals surface area (Å²) in [5.41, 5.74) is 16.8. The van der Waals surface area contributed by atoms with Crippen molar-refractivity contribution < 1.29 is 0 Å². The first-order valence-corrected chi connectivity index (χ1v) is 17.4. The first-order chi connectivity index (χ1) is 25.3. The maximum atomic E-state index is 4.79. The third-order valence-corrected chi connectivity index (χ3v) is 10.7. The number of para-hydroxylation sites is 4. The van der Waals surface area contributed by atoms with Gasteiger partial charge in [-0.15, -0.1) is 0 Å². The first kappa shape index (κ1) is 28.1. The van der Waals surface area contributed by atoms with Gasteiger partial charge in [0.15, 0.2) is 0 Å². The van der Waals surface area contributed by atoms with Crippen LogP contribution in [0.15, 0.2) is 170 Å². The fourth-order valence-electron chi connectivity index (χ4n) is 8.50. The van der Waals surface area contributed by atoms with Crippen molar-refractivity contribution in [1.29, 1.82) is 0 Å². The fraction of sp³-hybridized carbons (Fsp3) is 0.0213. The molecule has 0 fully saturated rings. The van der Waals surface area contributed by atoms with Gasteiger partial charge in [-0.25, -0.2) is 0 Å². The van der Waals surface area contributed by atoms with Gasteiger partial charge in [0, 0.05) is 75.3 Å². The highest BCUT2D eigenvalue weighted by Crippen LogP contribution is 2.48. The van der Waals surface area contributed by atoms with Gasteiger partial charge in [-0.3, -0.25) is 9.97 Å². The smallest absolute Gasteiger partial charge is 0.0541 e. The predicted molar refractivity (Wildman–Crippen MR) is 210 cm³/mol. The molecule has 4 nitrogen and oxygen atoms in total. The Morgan fingerprint density at radius 1 is 0.373 bits per heavy atom. The molecule has 0 unspecified atom stereocenters. The summed E-state index contributed by atoms with van der Waals surface area (Å²) < 4.78 is 4.73. The van der Waals surface area contributed by atoms with Gasteiger partial charge in [0.25, 0.3) is 0 Å². The lowest BCUT2D eigenvalue weighted by Crippen LogP contribution is -1.94. The molecule has 238 valence electrons. The van der Waals surface area contributed by atoms with Crippen molar-refractivity contribution in [1.82, 2.24) is 19.1 Å². The van der Waals surface area contributed by atoms with Crippen molar-refractivity contribution in [2.24, 2.45) is 0 Å². The lowest BCUT2D eigenvalue weighted by molar-refractivity contribution is 1.17. The fourth-order valence-corrected chi connectivity index (χ4v) is 8.50. The Bertz CT molecular complexity index is 2780. The standard InChI is InChI=1S/C47H30N4/c1-3-11-34(12-4-1)50-42-17-9-7-15-36(42)38-24-30(19-21-44(38)50)40-28-48-26-32-23-33-27-49-29-41(47(33)46(32)40)31-20-22-45-39(25-31)37-16-8-10-18-43(37)51(45)35-13-5-2-6-14-35/h1-22,24-29H,23H2. The highest BCUT2D eigenvalue weighted by atomic mass is 15.0. The van der Waals surface area contributed by atoms with Crippen LogP contribution in [0.25, 0.3) is 88.4 Å². The summed E-state index contributed by atoms with van der Waals surface area (Å²) in [4.78, 5) is 9.58. The maximum Gasteiger partial charge on any atom is 0.0541 e. The Morgan fingerprint density at radius 2 is 0.784 bits per heavy atom. The van der Waals surface area contributed by atoms with Crippen LogP contribution in [-0.2, 0) is 6.42 Å². The van der Waals surface area contributed by atoms with Crippen LogP contribution in [0.1, 0.15) is 11.1 Å². The van der Waals surface area contributed by atoms with Gasteiger partial charge in [-0.2, -0.15) is 0 Å². The summed E-state index contributed by atoms with van der Waals surface area (Å²) in [6, 6.07) is 52.5. The van der Waals surface area contributed by atoms with Crippen molar-refractivity contribution in [2.75, 3.05) is 0 Å². The number of pyridine rings is 2.